The van der Waals surface area contributed by atoms with Gasteiger partial charge in [-0.25, -0.2) is 0 Å². The van der Waals surface area contributed by atoms with E-state index in [-0.39, 0.29) is 17.9 Å². The molecule has 100 valence electrons. The fourth-order valence-corrected chi connectivity index (χ4v) is 2.51. The van der Waals surface area contributed by atoms with E-state index in [4.69, 9.17) is 5.73 Å². The lowest BCUT2D eigenvalue weighted by atomic mass is 9.99. The first kappa shape index (κ1) is 14.5. The smallest absolute Gasteiger partial charge is 0.239 e. The number of hydrogen-bond donors (Lipinski definition) is 1. The molecule has 0 aliphatic carbocycles. The van der Waals surface area contributed by atoms with E-state index < -0.39 is 0 Å². The highest BCUT2D eigenvalue weighted by Crippen LogP contribution is 2.21. The predicted molar refractivity (Wildman–Crippen MR) is 70.6 cm³/mol. The Morgan fingerprint density at radius 2 is 2.06 bits per heavy atom. The summed E-state index contributed by atoms with van der Waals surface area (Å²) >= 11 is 0. The van der Waals surface area contributed by atoms with Crippen LogP contribution in [0.15, 0.2) is 0 Å². The number of nitrogens with zero attached hydrogens (tertiary/aromatic N) is 2. The number of likely N-dealkylation sites (tertiary alicyclic amines) is 1. The zero-order chi connectivity index (χ0) is 13.2. The Bertz CT molecular complexity index is 267. The van der Waals surface area contributed by atoms with Gasteiger partial charge in [0.25, 0.3) is 0 Å². The van der Waals surface area contributed by atoms with Gasteiger partial charge in [0.05, 0.1) is 6.04 Å². The van der Waals surface area contributed by atoms with Crippen LogP contribution in [-0.2, 0) is 4.79 Å². The molecule has 1 aliphatic heterocycles. The first-order valence-corrected chi connectivity index (χ1v) is 6.59. The third-order valence-corrected chi connectivity index (χ3v) is 4.09. The Hall–Kier alpha value is -0.610. The third kappa shape index (κ3) is 3.19. The quantitative estimate of drug-likeness (QED) is 0.791. The highest BCUT2D eigenvalue weighted by molar-refractivity contribution is 5.82. The second-order valence-corrected chi connectivity index (χ2v) is 5.66. The molecule has 0 aromatic carbocycles. The molecule has 1 rings (SSSR count). The van der Waals surface area contributed by atoms with Crippen LogP contribution in [0, 0.1) is 11.8 Å². The first-order valence-electron chi connectivity index (χ1n) is 6.59. The average molecular weight is 241 g/mol. The third-order valence-electron chi connectivity index (χ3n) is 4.09. The zero-order valence-corrected chi connectivity index (χ0v) is 11.8. The van der Waals surface area contributed by atoms with Crippen LogP contribution in [0.25, 0.3) is 0 Å². The van der Waals surface area contributed by atoms with Gasteiger partial charge in [-0.15, -0.1) is 0 Å². The van der Waals surface area contributed by atoms with Crippen LogP contribution in [0.5, 0.6) is 0 Å². The molecule has 4 nitrogen and oxygen atoms in total. The number of rotatable bonds is 4. The minimum atomic E-state index is -0.340. The van der Waals surface area contributed by atoms with Gasteiger partial charge < -0.3 is 15.5 Å². The lowest BCUT2D eigenvalue weighted by Gasteiger charge is -2.25. The molecule has 0 saturated carbocycles. The van der Waals surface area contributed by atoms with Crippen molar-refractivity contribution in [2.75, 3.05) is 27.2 Å². The summed E-state index contributed by atoms with van der Waals surface area (Å²) in [5, 5.41) is 0. The van der Waals surface area contributed by atoms with Crippen molar-refractivity contribution in [2.24, 2.45) is 17.6 Å². The molecule has 1 saturated heterocycles. The van der Waals surface area contributed by atoms with E-state index in [0.29, 0.717) is 12.0 Å². The molecule has 0 aromatic heterocycles. The molecule has 0 aromatic rings. The minimum Gasteiger partial charge on any atom is -0.339 e. The Morgan fingerprint density at radius 1 is 1.47 bits per heavy atom. The SMILES string of the molecule is CC[C@H](C)[C@H](N)C(=O)N1CC(C)C(N(C)C)C1. The second-order valence-electron chi connectivity index (χ2n) is 5.66. The summed E-state index contributed by atoms with van der Waals surface area (Å²) in [6.07, 6.45) is 0.952. The summed E-state index contributed by atoms with van der Waals surface area (Å²) < 4.78 is 0. The number of amides is 1. The van der Waals surface area contributed by atoms with Crippen molar-refractivity contribution >= 4 is 5.91 Å². The number of carbonyl (C=O) groups excluding carboxylic acids is 1. The maximum Gasteiger partial charge on any atom is 0.239 e. The van der Waals surface area contributed by atoms with Crippen LogP contribution in [0.4, 0.5) is 0 Å². The first-order chi connectivity index (χ1) is 7.88. The summed E-state index contributed by atoms with van der Waals surface area (Å²) in [5.74, 6) is 0.907. The van der Waals surface area contributed by atoms with E-state index in [2.05, 4.69) is 32.8 Å². The molecule has 0 bridgehead atoms. The van der Waals surface area contributed by atoms with Crippen molar-refractivity contribution in [1.29, 1.82) is 0 Å². The van der Waals surface area contributed by atoms with Crippen LogP contribution >= 0.6 is 0 Å². The number of nitrogens with two attached hydrogens (primary N) is 1. The molecular formula is C13H27N3O. The van der Waals surface area contributed by atoms with Gasteiger partial charge in [-0.3, -0.25) is 4.79 Å². The second kappa shape index (κ2) is 5.83. The zero-order valence-electron chi connectivity index (χ0n) is 11.8. The van der Waals surface area contributed by atoms with E-state index in [9.17, 15) is 4.79 Å². The lowest BCUT2D eigenvalue weighted by Crippen LogP contribution is -2.47. The molecular weight excluding hydrogens is 214 g/mol. The van der Waals surface area contributed by atoms with Gasteiger partial charge in [-0.2, -0.15) is 0 Å². The van der Waals surface area contributed by atoms with Gasteiger partial charge >= 0.3 is 0 Å². The van der Waals surface area contributed by atoms with Crippen molar-refractivity contribution in [2.45, 2.75) is 39.3 Å². The van der Waals surface area contributed by atoms with Gasteiger partial charge in [-0.1, -0.05) is 27.2 Å². The van der Waals surface area contributed by atoms with Gasteiger partial charge in [0.1, 0.15) is 0 Å². The van der Waals surface area contributed by atoms with Gasteiger partial charge in [-0.05, 0) is 25.9 Å². The molecule has 1 heterocycles. The summed E-state index contributed by atoms with van der Waals surface area (Å²) in [6, 6.07) is 0.121. The summed E-state index contributed by atoms with van der Waals surface area (Å²) in [5.41, 5.74) is 6.01. The fourth-order valence-electron chi connectivity index (χ4n) is 2.51. The standard InChI is InChI=1S/C13H27N3O/c1-6-9(2)12(14)13(17)16-7-10(3)11(8-16)15(4)5/h9-12H,6-8,14H2,1-5H3/t9-,10?,11?,12-/m0/s1. The van der Waals surface area contributed by atoms with Gasteiger partial charge in [0.15, 0.2) is 0 Å². The number of likely N-dealkylation sites (N-methyl/N-ethyl adjacent to an activating group) is 1. The van der Waals surface area contributed by atoms with Gasteiger partial charge in [0, 0.05) is 19.1 Å². The van der Waals surface area contributed by atoms with Crippen molar-refractivity contribution in [3.05, 3.63) is 0 Å². The molecule has 1 amide bonds. The molecule has 4 heteroatoms. The van der Waals surface area contributed by atoms with Crippen LogP contribution < -0.4 is 5.73 Å². The molecule has 2 N–H and O–H groups in total. The largest absolute Gasteiger partial charge is 0.339 e. The summed E-state index contributed by atoms with van der Waals surface area (Å²) in [7, 11) is 4.15. The molecule has 17 heavy (non-hydrogen) atoms. The van der Waals surface area contributed by atoms with Crippen LogP contribution in [0.1, 0.15) is 27.2 Å². The fraction of sp³-hybridized carbons (Fsp3) is 0.923. The van der Waals surface area contributed by atoms with Crippen molar-refractivity contribution in [1.82, 2.24) is 9.80 Å². The van der Waals surface area contributed by atoms with Crippen LogP contribution in [0.2, 0.25) is 0 Å². The van der Waals surface area contributed by atoms with E-state index in [1.165, 1.54) is 0 Å². The van der Waals surface area contributed by atoms with Crippen molar-refractivity contribution in [3.8, 4) is 0 Å². The number of carbonyl (C=O) groups is 1. The molecule has 4 atom stereocenters. The maximum atomic E-state index is 12.2. The molecule has 0 spiro atoms. The molecule has 1 fully saturated rings. The van der Waals surface area contributed by atoms with Crippen molar-refractivity contribution in [3.63, 3.8) is 0 Å². The van der Waals surface area contributed by atoms with Crippen molar-refractivity contribution < 1.29 is 4.79 Å². The van der Waals surface area contributed by atoms with E-state index in [0.717, 1.165) is 19.5 Å². The maximum absolute atomic E-state index is 12.2. The lowest BCUT2D eigenvalue weighted by molar-refractivity contribution is -0.132. The predicted octanol–water partition coefficient (Wildman–Crippen LogP) is 0.768. The highest BCUT2D eigenvalue weighted by Gasteiger charge is 2.36. The average Bonchev–Trinajstić information content (AvgIpc) is 2.68. The van der Waals surface area contributed by atoms with E-state index >= 15 is 0 Å². The Balaban J connectivity index is 2.61. The van der Waals surface area contributed by atoms with E-state index in [1.54, 1.807) is 0 Å². The van der Waals surface area contributed by atoms with E-state index in [1.807, 2.05) is 11.8 Å². The normalized spacial score (nSPS) is 28.5. The molecule has 1 aliphatic rings. The minimum absolute atomic E-state index is 0.121. The van der Waals surface area contributed by atoms with Crippen LogP contribution in [0.3, 0.4) is 0 Å². The monoisotopic (exact) mass is 241 g/mol. The van der Waals surface area contributed by atoms with Gasteiger partial charge in [0.2, 0.25) is 5.91 Å². The summed E-state index contributed by atoms with van der Waals surface area (Å²) in [6.45, 7) is 7.98. The molecule has 2 unspecified atom stereocenters. The molecule has 0 radical (unpaired) electrons. The Labute approximate surface area is 105 Å². The highest BCUT2D eigenvalue weighted by atomic mass is 16.2. The Morgan fingerprint density at radius 3 is 2.47 bits per heavy atom. The number of hydrogen-bond acceptors (Lipinski definition) is 3. The Kier molecular flexibility index (Phi) is 4.95. The summed E-state index contributed by atoms with van der Waals surface area (Å²) in [4.78, 5) is 16.4. The topological polar surface area (TPSA) is 49.6 Å². The van der Waals surface area contributed by atoms with Crippen LogP contribution in [-0.4, -0.2) is 55.0 Å².